The minimum atomic E-state index is 0.583. The van der Waals surface area contributed by atoms with Gasteiger partial charge in [-0.25, -0.2) is 0 Å². The van der Waals surface area contributed by atoms with Gasteiger partial charge in [-0.1, -0.05) is 13.8 Å². The molecular weight excluding hydrogens is 208 g/mol. The number of rotatable bonds is 1. The van der Waals surface area contributed by atoms with E-state index < -0.39 is 0 Å². The van der Waals surface area contributed by atoms with Crippen molar-refractivity contribution in [2.24, 2.45) is 11.8 Å². The van der Waals surface area contributed by atoms with Gasteiger partial charge in [0.2, 0.25) is 0 Å². The van der Waals surface area contributed by atoms with Crippen molar-refractivity contribution in [3.8, 4) is 6.07 Å². The van der Waals surface area contributed by atoms with E-state index in [1.54, 1.807) is 0 Å². The van der Waals surface area contributed by atoms with Crippen molar-refractivity contribution in [3.05, 3.63) is 29.8 Å². The van der Waals surface area contributed by atoms with Crippen LogP contribution in [0.25, 0.3) is 0 Å². The molecule has 0 aromatic heterocycles. The lowest BCUT2D eigenvalue weighted by atomic mass is 9.85. The summed E-state index contributed by atoms with van der Waals surface area (Å²) in [5.74, 6) is 1.48. The predicted octanol–water partition coefficient (Wildman–Crippen LogP) is 3.43. The van der Waals surface area contributed by atoms with Gasteiger partial charge >= 0.3 is 0 Å². The molecule has 0 spiro atoms. The number of hydrogen-bond acceptors (Lipinski definition) is 2. The van der Waals surface area contributed by atoms with Gasteiger partial charge in [0, 0.05) is 18.3 Å². The van der Waals surface area contributed by atoms with E-state index in [9.17, 15) is 0 Å². The van der Waals surface area contributed by atoms with E-state index >= 15 is 0 Å². The van der Waals surface area contributed by atoms with E-state index in [2.05, 4.69) is 43.9 Å². The van der Waals surface area contributed by atoms with Gasteiger partial charge in [0.15, 0.2) is 0 Å². The van der Waals surface area contributed by atoms with Gasteiger partial charge in [0.25, 0.3) is 0 Å². The van der Waals surface area contributed by atoms with Gasteiger partial charge in [-0.15, -0.1) is 0 Å². The Labute approximate surface area is 104 Å². The normalized spacial score (nSPS) is 28.8. The van der Waals surface area contributed by atoms with Crippen LogP contribution in [0.2, 0.25) is 0 Å². The highest BCUT2D eigenvalue weighted by molar-refractivity contribution is 5.51. The molecule has 1 aliphatic rings. The zero-order chi connectivity index (χ0) is 12.4. The van der Waals surface area contributed by atoms with Crippen LogP contribution in [0.5, 0.6) is 0 Å². The molecule has 1 aliphatic heterocycles. The van der Waals surface area contributed by atoms with Crippen LogP contribution in [0.15, 0.2) is 24.3 Å². The van der Waals surface area contributed by atoms with Crippen molar-refractivity contribution >= 4 is 5.69 Å². The molecular formula is C15H20N2. The van der Waals surface area contributed by atoms with Crippen molar-refractivity contribution < 1.29 is 0 Å². The highest BCUT2D eigenvalue weighted by Gasteiger charge is 2.28. The van der Waals surface area contributed by atoms with Crippen LogP contribution in [-0.4, -0.2) is 12.6 Å². The van der Waals surface area contributed by atoms with Gasteiger partial charge in [0.05, 0.1) is 11.6 Å². The second kappa shape index (κ2) is 4.79. The second-order valence-corrected chi connectivity index (χ2v) is 5.37. The zero-order valence-corrected chi connectivity index (χ0v) is 10.9. The molecule has 3 atom stereocenters. The third kappa shape index (κ3) is 2.44. The zero-order valence-electron chi connectivity index (χ0n) is 10.9. The van der Waals surface area contributed by atoms with Gasteiger partial charge in [-0.3, -0.25) is 0 Å². The number of anilines is 1. The summed E-state index contributed by atoms with van der Waals surface area (Å²) < 4.78 is 0. The van der Waals surface area contributed by atoms with Crippen LogP contribution in [0, 0.1) is 23.2 Å². The Morgan fingerprint density at radius 2 is 1.82 bits per heavy atom. The molecule has 1 heterocycles. The minimum absolute atomic E-state index is 0.583. The van der Waals surface area contributed by atoms with Crippen LogP contribution < -0.4 is 4.90 Å². The minimum Gasteiger partial charge on any atom is -0.368 e. The molecule has 1 saturated heterocycles. The van der Waals surface area contributed by atoms with Gasteiger partial charge < -0.3 is 4.90 Å². The summed E-state index contributed by atoms with van der Waals surface area (Å²) in [5, 5.41) is 8.81. The van der Waals surface area contributed by atoms with E-state index in [1.165, 1.54) is 12.1 Å². The lowest BCUT2D eigenvalue weighted by Gasteiger charge is -2.42. The molecule has 2 rings (SSSR count). The summed E-state index contributed by atoms with van der Waals surface area (Å²) in [4.78, 5) is 2.47. The summed E-state index contributed by atoms with van der Waals surface area (Å²) in [5.41, 5.74) is 1.98. The first-order valence-electron chi connectivity index (χ1n) is 6.38. The molecule has 0 radical (unpaired) electrons. The van der Waals surface area contributed by atoms with Crippen molar-refractivity contribution in [1.29, 1.82) is 5.26 Å². The third-order valence-corrected chi connectivity index (χ3v) is 3.93. The Hall–Kier alpha value is -1.49. The molecule has 1 aromatic rings. The summed E-state index contributed by atoms with van der Waals surface area (Å²) in [6, 6.07) is 10.7. The highest BCUT2D eigenvalue weighted by Crippen LogP contribution is 2.31. The van der Waals surface area contributed by atoms with Crippen LogP contribution in [0.3, 0.4) is 0 Å². The topological polar surface area (TPSA) is 27.0 Å². The molecule has 0 aliphatic carbocycles. The number of hydrogen-bond donors (Lipinski definition) is 0. The number of nitrogens with zero attached hydrogens (tertiary/aromatic N) is 2. The molecule has 0 N–H and O–H groups in total. The Morgan fingerprint density at radius 1 is 1.18 bits per heavy atom. The fourth-order valence-corrected chi connectivity index (χ4v) is 2.78. The van der Waals surface area contributed by atoms with Crippen LogP contribution in [0.1, 0.15) is 32.8 Å². The number of benzene rings is 1. The van der Waals surface area contributed by atoms with Crippen molar-refractivity contribution in [2.45, 2.75) is 33.2 Å². The van der Waals surface area contributed by atoms with E-state index in [4.69, 9.17) is 5.26 Å². The average molecular weight is 228 g/mol. The summed E-state index contributed by atoms with van der Waals surface area (Å²) in [6.07, 6.45) is 1.31. The first-order chi connectivity index (χ1) is 8.11. The van der Waals surface area contributed by atoms with Gasteiger partial charge in [-0.2, -0.15) is 5.26 Å². The summed E-state index contributed by atoms with van der Waals surface area (Å²) >= 11 is 0. The lowest BCUT2D eigenvalue weighted by Crippen LogP contribution is -2.45. The SMILES string of the molecule is CC1CC(C)C(C)N(c2ccc(C#N)cc2)C1. The Bertz CT molecular complexity index is 416. The largest absolute Gasteiger partial charge is 0.368 e. The molecule has 0 saturated carbocycles. The summed E-state index contributed by atoms with van der Waals surface area (Å²) in [7, 11) is 0. The van der Waals surface area contributed by atoms with Crippen molar-refractivity contribution in [2.75, 3.05) is 11.4 Å². The second-order valence-electron chi connectivity index (χ2n) is 5.37. The Kier molecular flexibility index (Phi) is 3.38. The van der Waals surface area contributed by atoms with E-state index in [0.29, 0.717) is 6.04 Å². The molecule has 1 aromatic carbocycles. The summed E-state index contributed by atoms with van der Waals surface area (Å²) in [6.45, 7) is 8.07. The fraction of sp³-hybridized carbons (Fsp3) is 0.533. The maximum Gasteiger partial charge on any atom is 0.0991 e. The van der Waals surface area contributed by atoms with E-state index in [0.717, 1.165) is 23.9 Å². The monoisotopic (exact) mass is 228 g/mol. The first kappa shape index (κ1) is 12.0. The maximum absolute atomic E-state index is 8.81. The molecule has 0 bridgehead atoms. The standard InChI is InChI=1S/C15H20N2/c1-11-8-12(2)13(3)17(10-11)15-6-4-14(9-16)5-7-15/h4-7,11-13H,8,10H2,1-3H3. The molecule has 2 nitrogen and oxygen atoms in total. The first-order valence-corrected chi connectivity index (χ1v) is 6.38. The number of piperidine rings is 1. The van der Waals surface area contributed by atoms with E-state index in [1.807, 2.05) is 12.1 Å². The average Bonchev–Trinajstić information content (AvgIpc) is 2.34. The molecule has 90 valence electrons. The van der Waals surface area contributed by atoms with E-state index in [-0.39, 0.29) is 0 Å². The Balaban J connectivity index is 2.22. The molecule has 1 fully saturated rings. The predicted molar refractivity (Wildman–Crippen MR) is 70.9 cm³/mol. The fourth-order valence-electron chi connectivity index (χ4n) is 2.78. The molecule has 0 amide bonds. The molecule has 3 unspecified atom stereocenters. The van der Waals surface area contributed by atoms with Crippen LogP contribution in [-0.2, 0) is 0 Å². The quantitative estimate of drug-likeness (QED) is 0.736. The maximum atomic E-state index is 8.81. The van der Waals surface area contributed by atoms with Crippen LogP contribution >= 0.6 is 0 Å². The van der Waals surface area contributed by atoms with Gasteiger partial charge in [-0.05, 0) is 49.4 Å². The molecule has 2 heteroatoms. The van der Waals surface area contributed by atoms with Gasteiger partial charge in [0.1, 0.15) is 0 Å². The molecule has 17 heavy (non-hydrogen) atoms. The van der Waals surface area contributed by atoms with Crippen molar-refractivity contribution in [1.82, 2.24) is 0 Å². The third-order valence-electron chi connectivity index (χ3n) is 3.93. The smallest absolute Gasteiger partial charge is 0.0991 e. The van der Waals surface area contributed by atoms with Crippen LogP contribution in [0.4, 0.5) is 5.69 Å². The number of nitriles is 1. The van der Waals surface area contributed by atoms with Crippen molar-refractivity contribution in [3.63, 3.8) is 0 Å². The Morgan fingerprint density at radius 3 is 2.41 bits per heavy atom. The lowest BCUT2D eigenvalue weighted by molar-refractivity contribution is 0.297. The highest BCUT2D eigenvalue weighted by atomic mass is 15.2.